The van der Waals surface area contributed by atoms with E-state index in [1.165, 1.54) is 11.6 Å². The average Bonchev–Trinajstić information content (AvgIpc) is 2.84. The third kappa shape index (κ3) is 2.92. The first-order valence-electron chi connectivity index (χ1n) is 9.19. The molecule has 5 atom stereocenters. The summed E-state index contributed by atoms with van der Waals surface area (Å²) in [5.74, 6) is -0.831. The first-order chi connectivity index (χ1) is 11.7. The molecule has 0 bridgehead atoms. The second-order valence-corrected chi connectivity index (χ2v) is 8.41. The average molecular weight is 348 g/mol. The number of ether oxygens (including phenoxy) is 1. The molecule has 5 nitrogen and oxygen atoms in total. The lowest BCUT2D eigenvalue weighted by Crippen LogP contribution is -2.53. The minimum absolute atomic E-state index is 0.109. The zero-order valence-electron chi connectivity index (χ0n) is 15.1. The summed E-state index contributed by atoms with van der Waals surface area (Å²) in [6, 6.07) is 0. The van der Waals surface area contributed by atoms with Gasteiger partial charge >= 0.3 is 11.9 Å². The summed E-state index contributed by atoms with van der Waals surface area (Å²) in [6.45, 7) is 8.38. The van der Waals surface area contributed by atoms with Crippen LogP contribution in [-0.2, 0) is 14.3 Å². The Hall–Kier alpha value is -1.62. The Labute approximate surface area is 148 Å². The van der Waals surface area contributed by atoms with Gasteiger partial charge in [0.25, 0.3) is 0 Å². The molecular weight excluding hydrogens is 320 g/mol. The highest BCUT2D eigenvalue weighted by Gasteiger charge is 2.57. The second kappa shape index (κ2) is 6.27. The van der Waals surface area contributed by atoms with Crippen molar-refractivity contribution in [2.45, 2.75) is 65.1 Å². The van der Waals surface area contributed by atoms with E-state index in [9.17, 15) is 19.8 Å². The number of esters is 1. The molecule has 2 fully saturated rings. The molecule has 25 heavy (non-hydrogen) atoms. The zero-order valence-corrected chi connectivity index (χ0v) is 15.1. The highest BCUT2D eigenvalue weighted by molar-refractivity contribution is 5.90. The minimum Gasteiger partial charge on any atom is -0.481 e. The molecule has 0 aromatic carbocycles. The molecular formula is C20H28O5. The van der Waals surface area contributed by atoms with Crippen molar-refractivity contribution in [1.29, 1.82) is 0 Å². The Morgan fingerprint density at radius 1 is 1.40 bits per heavy atom. The molecule has 0 spiro atoms. The fourth-order valence-electron chi connectivity index (χ4n) is 5.68. The van der Waals surface area contributed by atoms with Crippen molar-refractivity contribution in [2.75, 3.05) is 0 Å². The van der Waals surface area contributed by atoms with E-state index in [4.69, 9.17) is 4.74 Å². The summed E-state index contributed by atoms with van der Waals surface area (Å²) in [7, 11) is 0. The SMILES string of the molecule is C=C1CC[C@@H]2[C@](C)(CCC[C@@]2(C)C(=O)O)[C@H]1CCC1=C[C@H](O)OC1=O. The van der Waals surface area contributed by atoms with E-state index in [-0.39, 0.29) is 17.3 Å². The van der Waals surface area contributed by atoms with Gasteiger partial charge in [0, 0.05) is 5.57 Å². The van der Waals surface area contributed by atoms with Crippen LogP contribution in [0.1, 0.15) is 58.8 Å². The molecule has 2 saturated carbocycles. The largest absolute Gasteiger partial charge is 0.481 e. The van der Waals surface area contributed by atoms with E-state index >= 15 is 0 Å². The number of aliphatic hydroxyl groups excluding tert-OH is 1. The molecule has 0 aromatic heterocycles. The van der Waals surface area contributed by atoms with Crippen molar-refractivity contribution >= 4 is 11.9 Å². The third-order valence-corrected chi connectivity index (χ3v) is 7.04. The number of aliphatic carboxylic acids is 1. The molecule has 0 saturated heterocycles. The summed E-state index contributed by atoms with van der Waals surface area (Å²) in [6.07, 6.45) is 5.96. The maximum atomic E-state index is 12.0. The van der Waals surface area contributed by atoms with Crippen LogP contribution < -0.4 is 0 Å². The smallest absolute Gasteiger partial charge is 0.336 e. The summed E-state index contributed by atoms with van der Waals surface area (Å²) >= 11 is 0. The number of hydrogen-bond donors (Lipinski definition) is 2. The molecule has 0 radical (unpaired) electrons. The number of cyclic esters (lactones) is 1. The lowest BCUT2D eigenvalue weighted by Gasteiger charge is -2.57. The second-order valence-electron chi connectivity index (χ2n) is 8.41. The van der Waals surface area contributed by atoms with Gasteiger partial charge in [0.05, 0.1) is 5.41 Å². The van der Waals surface area contributed by atoms with Crippen molar-refractivity contribution in [1.82, 2.24) is 0 Å². The minimum atomic E-state index is -1.13. The predicted molar refractivity (Wildman–Crippen MR) is 92.5 cm³/mol. The Bertz CT molecular complexity index is 636. The number of carbonyl (C=O) groups excluding carboxylic acids is 1. The number of carbonyl (C=O) groups is 2. The molecule has 0 aromatic rings. The first kappa shape index (κ1) is 18.2. The predicted octanol–water partition coefficient (Wildman–Crippen LogP) is 3.43. The molecule has 3 rings (SSSR count). The van der Waals surface area contributed by atoms with Crippen LogP contribution in [0.3, 0.4) is 0 Å². The van der Waals surface area contributed by atoms with Crippen LogP contribution >= 0.6 is 0 Å². The van der Waals surface area contributed by atoms with Crippen LogP contribution in [0.15, 0.2) is 23.8 Å². The van der Waals surface area contributed by atoms with E-state index in [1.807, 2.05) is 6.92 Å². The summed E-state index contributed by atoms with van der Waals surface area (Å²) in [5.41, 5.74) is 0.888. The van der Waals surface area contributed by atoms with Crippen LogP contribution in [0.25, 0.3) is 0 Å². The van der Waals surface area contributed by atoms with Crippen molar-refractivity contribution in [3.8, 4) is 0 Å². The fraction of sp³-hybridized carbons (Fsp3) is 0.700. The Morgan fingerprint density at radius 3 is 2.72 bits per heavy atom. The number of fused-ring (bicyclic) bond motifs is 1. The highest BCUT2D eigenvalue weighted by Crippen LogP contribution is 2.62. The third-order valence-electron chi connectivity index (χ3n) is 7.04. The molecule has 1 heterocycles. The standard InChI is InChI=1S/C20H28O5/c1-12-5-8-15-19(2,9-4-10-20(15,3)18(23)24)14(12)7-6-13-11-16(21)25-17(13)22/h11,14-16,21H,1,4-10H2,2-3H3,(H,23,24)/t14-,15+,16+,19+,20+/m0/s1. The number of allylic oxidation sites excluding steroid dienone is 1. The van der Waals surface area contributed by atoms with Crippen molar-refractivity contribution in [3.63, 3.8) is 0 Å². The number of aliphatic hydroxyl groups is 1. The fourth-order valence-corrected chi connectivity index (χ4v) is 5.68. The molecule has 2 aliphatic carbocycles. The van der Waals surface area contributed by atoms with Crippen molar-refractivity contribution in [2.24, 2.45) is 22.7 Å². The summed E-state index contributed by atoms with van der Waals surface area (Å²) in [5, 5.41) is 19.3. The quantitative estimate of drug-likeness (QED) is 0.601. The summed E-state index contributed by atoms with van der Waals surface area (Å²) in [4.78, 5) is 23.7. The molecule has 1 aliphatic heterocycles. The maximum absolute atomic E-state index is 12.0. The Balaban J connectivity index is 1.83. The Morgan fingerprint density at radius 2 is 2.12 bits per heavy atom. The molecule has 138 valence electrons. The number of carboxylic acids is 1. The first-order valence-corrected chi connectivity index (χ1v) is 9.19. The zero-order chi connectivity index (χ0) is 18.4. The van der Waals surface area contributed by atoms with E-state index in [0.717, 1.165) is 38.5 Å². The van der Waals surface area contributed by atoms with Crippen LogP contribution in [0, 0.1) is 22.7 Å². The number of hydrogen-bond acceptors (Lipinski definition) is 4. The van der Waals surface area contributed by atoms with Crippen LogP contribution in [0.5, 0.6) is 0 Å². The lowest BCUT2D eigenvalue weighted by molar-refractivity contribution is -0.164. The maximum Gasteiger partial charge on any atom is 0.336 e. The molecule has 2 N–H and O–H groups in total. The topological polar surface area (TPSA) is 83.8 Å². The van der Waals surface area contributed by atoms with Crippen LogP contribution in [0.4, 0.5) is 0 Å². The number of carboxylic acid groups (broad SMARTS) is 1. The normalized spacial score (nSPS) is 41.1. The van der Waals surface area contributed by atoms with Gasteiger partial charge in [-0.15, -0.1) is 0 Å². The highest BCUT2D eigenvalue weighted by atomic mass is 16.6. The number of rotatable bonds is 4. The van der Waals surface area contributed by atoms with E-state index in [1.54, 1.807) is 0 Å². The van der Waals surface area contributed by atoms with Gasteiger partial charge in [-0.1, -0.05) is 25.5 Å². The van der Waals surface area contributed by atoms with Gasteiger partial charge in [-0.3, -0.25) is 4.79 Å². The monoisotopic (exact) mass is 348 g/mol. The molecule has 3 aliphatic rings. The summed E-state index contributed by atoms with van der Waals surface area (Å²) < 4.78 is 4.76. The van der Waals surface area contributed by atoms with Gasteiger partial charge in [-0.25, -0.2) is 4.79 Å². The van der Waals surface area contributed by atoms with Crippen LogP contribution in [-0.4, -0.2) is 28.4 Å². The van der Waals surface area contributed by atoms with Gasteiger partial charge in [-0.2, -0.15) is 0 Å². The molecule has 5 heteroatoms. The molecule has 0 unspecified atom stereocenters. The van der Waals surface area contributed by atoms with Crippen LogP contribution in [0.2, 0.25) is 0 Å². The van der Waals surface area contributed by atoms with Gasteiger partial charge in [-0.05, 0) is 68.8 Å². The van der Waals surface area contributed by atoms with Gasteiger partial charge in [0.2, 0.25) is 6.29 Å². The van der Waals surface area contributed by atoms with E-state index < -0.39 is 23.6 Å². The van der Waals surface area contributed by atoms with Crippen molar-refractivity contribution in [3.05, 3.63) is 23.8 Å². The van der Waals surface area contributed by atoms with Crippen molar-refractivity contribution < 1.29 is 24.5 Å². The van der Waals surface area contributed by atoms with Gasteiger partial charge < -0.3 is 14.9 Å². The molecule has 0 amide bonds. The van der Waals surface area contributed by atoms with E-state index in [0.29, 0.717) is 12.0 Å². The van der Waals surface area contributed by atoms with Gasteiger partial charge in [0.1, 0.15) is 0 Å². The van der Waals surface area contributed by atoms with Gasteiger partial charge in [0.15, 0.2) is 0 Å². The Kier molecular flexibility index (Phi) is 4.56. The lowest BCUT2D eigenvalue weighted by atomic mass is 9.46. The van der Waals surface area contributed by atoms with E-state index in [2.05, 4.69) is 13.5 Å².